The van der Waals surface area contributed by atoms with Crippen molar-refractivity contribution in [2.24, 2.45) is 5.73 Å². The summed E-state index contributed by atoms with van der Waals surface area (Å²) < 4.78 is 5.61. The maximum absolute atomic E-state index is 9.34. The Balaban J connectivity index is 2.06. The third-order valence-electron chi connectivity index (χ3n) is 2.43. The number of phenolic OH excluding ortho intramolecular Hbond substituents is 1. The summed E-state index contributed by atoms with van der Waals surface area (Å²) in [5.41, 5.74) is 7.23. The van der Waals surface area contributed by atoms with Gasteiger partial charge < -0.3 is 15.6 Å². The summed E-state index contributed by atoms with van der Waals surface area (Å²) >= 11 is 4.91. The standard InChI is InChI=1S/C14H13NO2S/c15-14(18)11-4-2-6-13(8-11)17-9-10-3-1-5-12(16)7-10/h1-8,16H,9H2,(H2,15,18). The van der Waals surface area contributed by atoms with Gasteiger partial charge in [0.15, 0.2) is 0 Å². The lowest BCUT2D eigenvalue weighted by Gasteiger charge is -2.08. The Morgan fingerprint density at radius 2 is 1.94 bits per heavy atom. The fraction of sp³-hybridized carbons (Fsp3) is 0.0714. The number of hydrogen-bond donors (Lipinski definition) is 2. The molecule has 0 fully saturated rings. The summed E-state index contributed by atoms with van der Waals surface area (Å²) in [6.45, 7) is 0.384. The number of phenols is 1. The summed E-state index contributed by atoms with van der Waals surface area (Å²) in [6.07, 6.45) is 0. The van der Waals surface area contributed by atoms with Crippen molar-refractivity contribution >= 4 is 17.2 Å². The van der Waals surface area contributed by atoms with E-state index in [2.05, 4.69) is 0 Å². The maximum Gasteiger partial charge on any atom is 0.120 e. The largest absolute Gasteiger partial charge is 0.508 e. The van der Waals surface area contributed by atoms with E-state index in [1.54, 1.807) is 24.3 Å². The van der Waals surface area contributed by atoms with Crippen LogP contribution in [0.3, 0.4) is 0 Å². The summed E-state index contributed by atoms with van der Waals surface area (Å²) in [6, 6.07) is 14.3. The minimum atomic E-state index is 0.230. The molecule has 0 aliphatic rings. The minimum Gasteiger partial charge on any atom is -0.508 e. The maximum atomic E-state index is 9.34. The fourth-order valence-corrected chi connectivity index (χ4v) is 1.68. The van der Waals surface area contributed by atoms with Crippen molar-refractivity contribution in [2.45, 2.75) is 6.61 Å². The molecule has 0 saturated heterocycles. The second kappa shape index (κ2) is 5.51. The number of thiocarbonyl (C=S) groups is 1. The van der Waals surface area contributed by atoms with Gasteiger partial charge in [-0.2, -0.15) is 0 Å². The average Bonchev–Trinajstić information content (AvgIpc) is 2.37. The number of aromatic hydroxyl groups is 1. The van der Waals surface area contributed by atoms with Gasteiger partial charge in [0.2, 0.25) is 0 Å². The van der Waals surface area contributed by atoms with E-state index in [1.807, 2.05) is 24.3 Å². The van der Waals surface area contributed by atoms with E-state index in [9.17, 15) is 5.11 Å². The van der Waals surface area contributed by atoms with E-state index in [-0.39, 0.29) is 5.75 Å². The van der Waals surface area contributed by atoms with Crippen LogP contribution in [0.2, 0.25) is 0 Å². The molecule has 0 radical (unpaired) electrons. The monoisotopic (exact) mass is 259 g/mol. The van der Waals surface area contributed by atoms with Crippen LogP contribution < -0.4 is 10.5 Å². The molecular weight excluding hydrogens is 246 g/mol. The van der Waals surface area contributed by atoms with Crippen LogP contribution in [0.1, 0.15) is 11.1 Å². The second-order valence-corrected chi connectivity index (χ2v) is 4.29. The molecule has 0 atom stereocenters. The van der Waals surface area contributed by atoms with Crippen LogP contribution in [0.15, 0.2) is 48.5 Å². The van der Waals surface area contributed by atoms with E-state index in [4.69, 9.17) is 22.7 Å². The van der Waals surface area contributed by atoms with Gasteiger partial charge in [-0.05, 0) is 29.8 Å². The number of benzene rings is 2. The van der Waals surface area contributed by atoms with Crippen LogP contribution >= 0.6 is 12.2 Å². The van der Waals surface area contributed by atoms with Crippen molar-refractivity contribution in [1.82, 2.24) is 0 Å². The van der Waals surface area contributed by atoms with Gasteiger partial charge in [-0.1, -0.05) is 36.5 Å². The number of nitrogens with two attached hydrogens (primary N) is 1. The van der Waals surface area contributed by atoms with Gasteiger partial charge in [-0.25, -0.2) is 0 Å². The number of hydrogen-bond acceptors (Lipinski definition) is 3. The van der Waals surface area contributed by atoms with Crippen LogP contribution in [0.25, 0.3) is 0 Å². The highest BCUT2D eigenvalue weighted by Crippen LogP contribution is 2.17. The zero-order valence-electron chi connectivity index (χ0n) is 9.67. The molecule has 0 saturated carbocycles. The summed E-state index contributed by atoms with van der Waals surface area (Å²) in [5, 5.41) is 9.34. The second-order valence-electron chi connectivity index (χ2n) is 3.85. The van der Waals surface area contributed by atoms with Crippen molar-refractivity contribution in [3.05, 3.63) is 59.7 Å². The molecule has 2 aromatic carbocycles. The molecule has 0 amide bonds. The third kappa shape index (κ3) is 3.21. The lowest BCUT2D eigenvalue weighted by molar-refractivity contribution is 0.305. The first-order valence-electron chi connectivity index (χ1n) is 5.46. The Morgan fingerprint density at radius 1 is 1.17 bits per heavy atom. The van der Waals surface area contributed by atoms with Crippen molar-refractivity contribution in [1.29, 1.82) is 0 Å². The van der Waals surface area contributed by atoms with Gasteiger partial charge in [0.05, 0.1) is 0 Å². The molecule has 0 heterocycles. The molecule has 0 spiro atoms. The molecule has 0 aliphatic carbocycles. The molecule has 3 N–H and O–H groups in total. The van der Waals surface area contributed by atoms with Gasteiger partial charge in [-0.15, -0.1) is 0 Å². The van der Waals surface area contributed by atoms with E-state index in [1.165, 1.54) is 0 Å². The third-order valence-corrected chi connectivity index (χ3v) is 2.67. The molecule has 0 aromatic heterocycles. The van der Waals surface area contributed by atoms with Crippen molar-refractivity contribution in [2.75, 3.05) is 0 Å². The van der Waals surface area contributed by atoms with Crippen LogP contribution in [0, 0.1) is 0 Å². The van der Waals surface area contributed by atoms with E-state index < -0.39 is 0 Å². The Morgan fingerprint density at radius 3 is 2.67 bits per heavy atom. The van der Waals surface area contributed by atoms with Gasteiger partial charge in [0.25, 0.3) is 0 Å². The van der Waals surface area contributed by atoms with E-state index in [0.29, 0.717) is 17.3 Å². The molecule has 2 aromatic rings. The van der Waals surface area contributed by atoms with Crippen LogP contribution in [-0.2, 0) is 6.61 Å². The SMILES string of the molecule is NC(=S)c1cccc(OCc2cccc(O)c2)c1. The lowest BCUT2D eigenvalue weighted by Crippen LogP contribution is -2.09. The first kappa shape index (κ1) is 12.4. The number of rotatable bonds is 4. The molecule has 18 heavy (non-hydrogen) atoms. The molecular formula is C14H13NO2S. The minimum absolute atomic E-state index is 0.230. The van der Waals surface area contributed by atoms with Gasteiger partial charge in [-0.3, -0.25) is 0 Å². The van der Waals surface area contributed by atoms with Crippen LogP contribution in [0.5, 0.6) is 11.5 Å². The molecule has 0 unspecified atom stereocenters. The molecule has 4 heteroatoms. The Labute approximate surface area is 111 Å². The van der Waals surface area contributed by atoms with Crippen LogP contribution in [-0.4, -0.2) is 10.1 Å². The van der Waals surface area contributed by atoms with Gasteiger partial charge >= 0.3 is 0 Å². The van der Waals surface area contributed by atoms with Crippen LogP contribution in [0.4, 0.5) is 0 Å². The number of ether oxygens (including phenoxy) is 1. The highest BCUT2D eigenvalue weighted by molar-refractivity contribution is 7.80. The first-order valence-corrected chi connectivity index (χ1v) is 5.86. The summed E-state index contributed by atoms with van der Waals surface area (Å²) in [4.78, 5) is 0.345. The normalized spacial score (nSPS) is 10.0. The summed E-state index contributed by atoms with van der Waals surface area (Å²) in [7, 11) is 0. The highest BCUT2D eigenvalue weighted by Gasteiger charge is 2.00. The van der Waals surface area contributed by atoms with E-state index >= 15 is 0 Å². The molecule has 92 valence electrons. The average molecular weight is 259 g/mol. The van der Waals surface area contributed by atoms with Gasteiger partial charge in [0, 0.05) is 5.56 Å². The lowest BCUT2D eigenvalue weighted by atomic mass is 10.2. The predicted molar refractivity (Wildman–Crippen MR) is 74.8 cm³/mol. The molecule has 0 aliphatic heterocycles. The molecule has 2 rings (SSSR count). The predicted octanol–water partition coefficient (Wildman–Crippen LogP) is 2.61. The molecule has 0 bridgehead atoms. The fourth-order valence-electron chi connectivity index (χ4n) is 1.55. The zero-order valence-corrected chi connectivity index (χ0v) is 10.5. The highest BCUT2D eigenvalue weighted by atomic mass is 32.1. The van der Waals surface area contributed by atoms with E-state index in [0.717, 1.165) is 11.1 Å². The summed E-state index contributed by atoms with van der Waals surface area (Å²) in [5.74, 6) is 0.927. The topological polar surface area (TPSA) is 55.5 Å². The quantitative estimate of drug-likeness (QED) is 0.829. The molecule has 3 nitrogen and oxygen atoms in total. The Hall–Kier alpha value is -2.07. The van der Waals surface area contributed by atoms with Crippen molar-refractivity contribution < 1.29 is 9.84 Å². The zero-order chi connectivity index (χ0) is 13.0. The Kier molecular flexibility index (Phi) is 3.79. The smallest absolute Gasteiger partial charge is 0.120 e. The van der Waals surface area contributed by atoms with Crippen molar-refractivity contribution in [3.8, 4) is 11.5 Å². The first-order chi connectivity index (χ1) is 8.65. The van der Waals surface area contributed by atoms with Crippen molar-refractivity contribution in [3.63, 3.8) is 0 Å². The van der Waals surface area contributed by atoms with Gasteiger partial charge in [0.1, 0.15) is 23.1 Å². The Bertz CT molecular complexity index is 569.